The van der Waals surface area contributed by atoms with Crippen LogP contribution in [0.2, 0.25) is 0 Å². The predicted molar refractivity (Wildman–Crippen MR) is 87.4 cm³/mol. The number of hydrogen-bond acceptors (Lipinski definition) is 4. The third-order valence-electron chi connectivity index (χ3n) is 4.44. The SMILES string of the molecule is CN(C)c1cccn2nc(N3CCC([NH+](C)C)C3)c(N)c12. The van der Waals surface area contributed by atoms with E-state index in [1.807, 2.05) is 30.9 Å². The van der Waals surface area contributed by atoms with Crippen molar-refractivity contribution in [2.45, 2.75) is 12.5 Å². The van der Waals surface area contributed by atoms with Gasteiger partial charge in [-0.25, -0.2) is 4.52 Å². The predicted octanol–water partition coefficient (Wildman–Crippen LogP) is -0.294. The summed E-state index contributed by atoms with van der Waals surface area (Å²) < 4.78 is 1.90. The molecule has 6 nitrogen and oxygen atoms in total. The fourth-order valence-electron chi connectivity index (χ4n) is 3.11. The van der Waals surface area contributed by atoms with E-state index in [-0.39, 0.29) is 0 Å². The molecular formula is C15H25N6+. The number of nitrogen functional groups attached to an aromatic ring is 1. The highest BCUT2D eigenvalue weighted by atomic mass is 15.4. The lowest BCUT2D eigenvalue weighted by molar-refractivity contribution is -0.882. The second-order valence-corrected chi connectivity index (χ2v) is 6.33. The molecule has 1 atom stereocenters. The van der Waals surface area contributed by atoms with Crippen molar-refractivity contribution in [1.82, 2.24) is 9.61 Å². The number of nitrogens with one attached hydrogen (secondary N) is 1. The summed E-state index contributed by atoms with van der Waals surface area (Å²) in [6.07, 6.45) is 3.16. The Morgan fingerprint density at radius 3 is 2.76 bits per heavy atom. The Morgan fingerprint density at radius 1 is 1.38 bits per heavy atom. The maximum atomic E-state index is 6.42. The first kappa shape index (κ1) is 14.0. The third kappa shape index (κ3) is 2.29. The largest absolute Gasteiger partial charge is 0.394 e. The summed E-state index contributed by atoms with van der Waals surface area (Å²) in [5, 5.41) is 4.71. The topological polar surface area (TPSA) is 54.2 Å². The Morgan fingerprint density at radius 2 is 2.14 bits per heavy atom. The van der Waals surface area contributed by atoms with Gasteiger partial charge < -0.3 is 20.4 Å². The van der Waals surface area contributed by atoms with Crippen LogP contribution in [0.15, 0.2) is 18.3 Å². The van der Waals surface area contributed by atoms with E-state index in [0.717, 1.165) is 35.8 Å². The zero-order valence-corrected chi connectivity index (χ0v) is 13.3. The molecule has 6 heteroatoms. The molecule has 0 aliphatic carbocycles. The Balaban J connectivity index is 2.01. The Bertz CT molecular complexity index is 645. The highest BCUT2D eigenvalue weighted by Gasteiger charge is 2.30. The van der Waals surface area contributed by atoms with Gasteiger partial charge in [0.05, 0.1) is 26.3 Å². The summed E-state index contributed by atoms with van der Waals surface area (Å²) in [6, 6.07) is 4.74. The minimum Gasteiger partial charge on any atom is -0.394 e. The number of pyridine rings is 1. The minimum absolute atomic E-state index is 0.655. The van der Waals surface area contributed by atoms with Crippen LogP contribution in [-0.4, -0.2) is 56.9 Å². The number of anilines is 3. The van der Waals surface area contributed by atoms with Gasteiger partial charge >= 0.3 is 0 Å². The van der Waals surface area contributed by atoms with Gasteiger partial charge in [-0.1, -0.05) is 0 Å². The Kier molecular flexibility index (Phi) is 3.41. The van der Waals surface area contributed by atoms with E-state index in [1.165, 1.54) is 11.3 Å². The second-order valence-electron chi connectivity index (χ2n) is 6.33. The molecule has 0 spiro atoms. The first-order valence-electron chi connectivity index (χ1n) is 7.48. The van der Waals surface area contributed by atoms with Crippen LogP contribution < -0.4 is 20.4 Å². The molecule has 0 saturated carbocycles. The van der Waals surface area contributed by atoms with E-state index < -0.39 is 0 Å². The number of likely N-dealkylation sites (N-methyl/N-ethyl adjacent to an activating group) is 1. The summed E-state index contributed by atoms with van der Waals surface area (Å²) >= 11 is 0. The zero-order chi connectivity index (χ0) is 15.1. The van der Waals surface area contributed by atoms with E-state index in [0.29, 0.717) is 6.04 Å². The van der Waals surface area contributed by atoms with Crippen molar-refractivity contribution in [2.75, 3.05) is 56.8 Å². The smallest absolute Gasteiger partial charge is 0.175 e. The lowest BCUT2D eigenvalue weighted by Crippen LogP contribution is -3.10. The van der Waals surface area contributed by atoms with E-state index in [2.05, 4.69) is 30.0 Å². The highest BCUT2D eigenvalue weighted by molar-refractivity contribution is 5.91. The maximum Gasteiger partial charge on any atom is 0.175 e. The Hall–Kier alpha value is -1.95. The van der Waals surface area contributed by atoms with Crippen LogP contribution in [0.25, 0.3) is 5.52 Å². The number of fused-ring (bicyclic) bond motifs is 1. The van der Waals surface area contributed by atoms with Crippen molar-refractivity contribution in [3.8, 4) is 0 Å². The molecular weight excluding hydrogens is 264 g/mol. The summed E-state index contributed by atoms with van der Waals surface area (Å²) in [5.41, 5.74) is 9.30. The molecule has 1 fully saturated rings. The number of nitrogens with zero attached hydrogens (tertiary/aromatic N) is 4. The molecule has 114 valence electrons. The van der Waals surface area contributed by atoms with Crippen molar-refractivity contribution in [3.63, 3.8) is 0 Å². The van der Waals surface area contributed by atoms with Crippen LogP contribution in [0.3, 0.4) is 0 Å². The average Bonchev–Trinajstić information content (AvgIpc) is 3.03. The maximum absolute atomic E-state index is 6.42. The van der Waals surface area contributed by atoms with Gasteiger partial charge in [0.15, 0.2) is 5.82 Å². The molecule has 0 aromatic carbocycles. The van der Waals surface area contributed by atoms with Gasteiger partial charge in [0, 0.05) is 33.3 Å². The quantitative estimate of drug-likeness (QED) is 0.815. The van der Waals surface area contributed by atoms with Crippen LogP contribution in [0, 0.1) is 0 Å². The molecule has 1 unspecified atom stereocenters. The third-order valence-corrected chi connectivity index (χ3v) is 4.44. The molecule has 2 aromatic rings. The lowest BCUT2D eigenvalue weighted by atomic mass is 10.2. The summed E-state index contributed by atoms with van der Waals surface area (Å²) in [5.74, 6) is 0.924. The van der Waals surface area contributed by atoms with Crippen LogP contribution in [0.5, 0.6) is 0 Å². The first-order chi connectivity index (χ1) is 9.99. The normalized spacial score (nSPS) is 18.9. The van der Waals surface area contributed by atoms with Crippen LogP contribution in [0.1, 0.15) is 6.42 Å². The zero-order valence-electron chi connectivity index (χ0n) is 13.3. The molecule has 3 N–H and O–H groups in total. The molecule has 1 aliphatic heterocycles. The lowest BCUT2D eigenvalue weighted by Gasteiger charge is -2.18. The molecule has 0 bridgehead atoms. The van der Waals surface area contributed by atoms with Crippen molar-refractivity contribution in [2.24, 2.45) is 0 Å². The van der Waals surface area contributed by atoms with Gasteiger partial charge in [-0.3, -0.25) is 0 Å². The molecule has 21 heavy (non-hydrogen) atoms. The molecule has 2 aromatic heterocycles. The fourth-order valence-corrected chi connectivity index (χ4v) is 3.11. The number of hydrogen-bond donors (Lipinski definition) is 2. The van der Waals surface area contributed by atoms with E-state index in [1.54, 1.807) is 0 Å². The molecule has 3 rings (SSSR count). The van der Waals surface area contributed by atoms with E-state index in [9.17, 15) is 0 Å². The van der Waals surface area contributed by atoms with Crippen LogP contribution in [-0.2, 0) is 0 Å². The van der Waals surface area contributed by atoms with Gasteiger partial charge in [0.1, 0.15) is 17.2 Å². The van der Waals surface area contributed by atoms with Gasteiger partial charge in [0.25, 0.3) is 0 Å². The minimum atomic E-state index is 0.655. The van der Waals surface area contributed by atoms with Gasteiger partial charge in [-0.05, 0) is 12.1 Å². The molecule has 3 heterocycles. The van der Waals surface area contributed by atoms with Gasteiger partial charge in [-0.2, -0.15) is 0 Å². The number of quaternary nitrogens is 1. The standard InChI is InChI=1S/C15H24N6/c1-18(2)11-7-9-20(10-11)15-13(16)14-12(19(3)4)6-5-8-21(14)17-15/h5-6,8,11H,7,9-10,16H2,1-4H3/p+1. The van der Waals surface area contributed by atoms with Gasteiger partial charge in [-0.15, -0.1) is 5.10 Å². The Labute approximate surface area is 125 Å². The number of aromatic nitrogens is 2. The van der Waals surface area contributed by atoms with E-state index >= 15 is 0 Å². The van der Waals surface area contributed by atoms with Crippen LogP contribution >= 0.6 is 0 Å². The van der Waals surface area contributed by atoms with Crippen molar-refractivity contribution in [3.05, 3.63) is 18.3 Å². The summed E-state index contributed by atoms with van der Waals surface area (Å²) in [7, 11) is 8.49. The first-order valence-corrected chi connectivity index (χ1v) is 7.48. The number of rotatable bonds is 3. The second kappa shape index (κ2) is 5.11. The fraction of sp³-hybridized carbons (Fsp3) is 0.533. The molecule has 0 amide bonds. The molecule has 0 radical (unpaired) electrons. The van der Waals surface area contributed by atoms with Crippen molar-refractivity contribution < 1.29 is 4.90 Å². The highest BCUT2D eigenvalue weighted by Crippen LogP contribution is 2.33. The summed E-state index contributed by atoms with van der Waals surface area (Å²) in [6.45, 7) is 2.05. The van der Waals surface area contributed by atoms with Crippen molar-refractivity contribution >= 4 is 22.7 Å². The van der Waals surface area contributed by atoms with Crippen molar-refractivity contribution in [1.29, 1.82) is 0 Å². The average molecular weight is 289 g/mol. The monoisotopic (exact) mass is 289 g/mol. The summed E-state index contributed by atoms with van der Waals surface area (Å²) in [4.78, 5) is 5.89. The molecule has 1 saturated heterocycles. The van der Waals surface area contributed by atoms with Gasteiger partial charge in [0.2, 0.25) is 0 Å². The molecule has 1 aliphatic rings. The number of nitrogens with two attached hydrogens (primary N) is 1. The van der Waals surface area contributed by atoms with Crippen LogP contribution in [0.4, 0.5) is 17.2 Å². The van der Waals surface area contributed by atoms with E-state index in [4.69, 9.17) is 10.8 Å².